The van der Waals surface area contributed by atoms with E-state index in [2.05, 4.69) is 46.3 Å². The van der Waals surface area contributed by atoms with Gasteiger partial charge in [0.2, 0.25) is 10.0 Å². The fourth-order valence-electron chi connectivity index (χ4n) is 3.00. The first-order valence-corrected chi connectivity index (χ1v) is 11.6. The van der Waals surface area contributed by atoms with Crippen LogP contribution in [-0.2, 0) is 10.0 Å². The number of guanidine groups is 1. The summed E-state index contributed by atoms with van der Waals surface area (Å²) in [6, 6.07) is 10.5. The molecule has 2 atom stereocenters. The SMILES string of the molecule is CCNC(=NCCS(=O)(=O)NCC1CCC1)NC(C)C(C)c1ccccc1. The lowest BCUT2D eigenvalue weighted by molar-refractivity contribution is 0.316. The van der Waals surface area contributed by atoms with E-state index in [1.54, 1.807) is 0 Å². The summed E-state index contributed by atoms with van der Waals surface area (Å²) >= 11 is 0. The van der Waals surface area contributed by atoms with Crippen LogP contribution >= 0.6 is 0 Å². The molecule has 0 aliphatic heterocycles. The second-order valence-electron chi connectivity index (χ2n) is 7.36. The quantitative estimate of drug-likeness (QED) is 0.420. The van der Waals surface area contributed by atoms with E-state index in [4.69, 9.17) is 0 Å². The number of hydrogen-bond donors (Lipinski definition) is 3. The van der Waals surface area contributed by atoms with Gasteiger partial charge >= 0.3 is 0 Å². The minimum absolute atomic E-state index is 0.0128. The van der Waals surface area contributed by atoms with E-state index in [1.165, 1.54) is 12.0 Å². The molecule has 1 aromatic rings. The molecule has 1 fully saturated rings. The average molecular weight is 395 g/mol. The molecule has 1 aliphatic rings. The molecule has 3 N–H and O–H groups in total. The maximum Gasteiger partial charge on any atom is 0.213 e. The van der Waals surface area contributed by atoms with Crippen LogP contribution in [0.15, 0.2) is 35.3 Å². The van der Waals surface area contributed by atoms with Crippen LogP contribution in [0.25, 0.3) is 0 Å². The highest BCUT2D eigenvalue weighted by Gasteiger charge is 2.20. The molecule has 1 saturated carbocycles. The lowest BCUT2D eigenvalue weighted by atomic mass is 9.86. The van der Waals surface area contributed by atoms with Crippen LogP contribution in [0.2, 0.25) is 0 Å². The summed E-state index contributed by atoms with van der Waals surface area (Å²) in [5.41, 5.74) is 1.26. The van der Waals surface area contributed by atoms with Crippen molar-refractivity contribution in [2.45, 2.75) is 52.0 Å². The van der Waals surface area contributed by atoms with Crippen LogP contribution in [0.4, 0.5) is 0 Å². The summed E-state index contributed by atoms with van der Waals surface area (Å²) < 4.78 is 26.9. The van der Waals surface area contributed by atoms with E-state index in [0.29, 0.717) is 24.3 Å². The van der Waals surface area contributed by atoms with Crippen molar-refractivity contribution in [2.75, 3.05) is 25.4 Å². The Morgan fingerprint density at radius 2 is 1.93 bits per heavy atom. The number of benzene rings is 1. The summed E-state index contributed by atoms with van der Waals surface area (Å²) in [5, 5.41) is 6.59. The van der Waals surface area contributed by atoms with E-state index < -0.39 is 10.0 Å². The van der Waals surface area contributed by atoms with E-state index >= 15 is 0 Å². The normalized spacial score (nSPS) is 17.8. The molecule has 27 heavy (non-hydrogen) atoms. The van der Waals surface area contributed by atoms with Crippen LogP contribution < -0.4 is 15.4 Å². The molecule has 7 heteroatoms. The third-order valence-corrected chi connectivity index (χ3v) is 6.56. The lowest BCUT2D eigenvalue weighted by Gasteiger charge is -2.25. The van der Waals surface area contributed by atoms with Crippen LogP contribution in [0, 0.1) is 5.92 Å². The summed E-state index contributed by atoms with van der Waals surface area (Å²) in [5.74, 6) is 1.49. The molecule has 0 amide bonds. The van der Waals surface area contributed by atoms with Gasteiger partial charge in [0.15, 0.2) is 5.96 Å². The molecule has 0 radical (unpaired) electrons. The predicted molar refractivity (Wildman–Crippen MR) is 113 cm³/mol. The van der Waals surface area contributed by atoms with Crippen LogP contribution in [-0.4, -0.2) is 45.8 Å². The van der Waals surface area contributed by atoms with Gasteiger partial charge in [0.25, 0.3) is 0 Å². The van der Waals surface area contributed by atoms with Crippen molar-refractivity contribution in [1.29, 1.82) is 0 Å². The van der Waals surface area contributed by atoms with Crippen molar-refractivity contribution in [3.05, 3.63) is 35.9 Å². The molecular formula is C20H34N4O2S. The summed E-state index contributed by atoms with van der Waals surface area (Å²) in [6.45, 7) is 7.81. The van der Waals surface area contributed by atoms with Gasteiger partial charge in [-0.25, -0.2) is 13.1 Å². The molecule has 6 nitrogen and oxygen atoms in total. The van der Waals surface area contributed by atoms with E-state index in [-0.39, 0.29) is 18.3 Å². The van der Waals surface area contributed by atoms with Gasteiger partial charge < -0.3 is 10.6 Å². The topological polar surface area (TPSA) is 82.6 Å². The minimum atomic E-state index is -3.26. The molecule has 0 spiro atoms. The Morgan fingerprint density at radius 1 is 1.22 bits per heavy atom. The number of nitrogens with one attached hydrogen (secondary N) is 3. The minimum Gasteiger partial charge on any atom is -0.357 e. The molecule has 2 unspecified atom stereocenters. The molecule has 2 rings (SSSR count). The van der Waals surface area contributed by atoms with Crippen molar-refractivity contribution >= 4 is 16.0 Å². The van der Waals surface area contributed by atoms with Gasteiger partial charge in [0.1, 0.15) is 0 Å². The predicted octanol–water partition coefficient (Wildman–Crippen LogP) is 2.45. The van der Waals surface area contributed by atoms with Gasteiger partial charge in [-0.2, -0.15) is 0 Å². The Hall–Kier alpha value is -1.60. The van der Waals surface area contributed by atoms with Gasteiger partial charge in [-0.1, -0.05) is 43.7 Å². The zero-order valence-corrected chi connectivity index (χ0v) is 17.6. The van der Waals surface area contributed by atoms with Gasteiger partial charge in [0.05, 0.1) is 12.3 Å². The Morgan fingerprint density at radius 3 is 2.52 bits per heavy atom. The summed E-state index contributed by atoms with van der Waals surface area (Å²) in [6.07, 6.45) is 3.48. The average Bonchev–Trinajstić information content (AvgIpc) is 2.60. The smallest absolute Gasteiger partial charge is 0.213 e. The molecule has 0 saturated heterocycles. The van der Waals surface area contributed by atoms with Gasteiger partial charge in [-0.05, 0) is 38.2 Å². The standard InChI is InChI=1S/C20H34N4O2S/c1-4-21-20(24-17(3)16(2)19-11-6-5-7-12-19)22-13-14-27(25,26)23-15-18-9-8-10-18/h5-7,11-12,16-18,23H,4,8-10,13-15H2,1-3H3,(H2,21,22,24). The van der Waals surface area contributed by atoms with Crippen molar-refractivity contribution in [3.8, 4) is 0 Å². The highest BCUT2D eigenvalue weighted by Crippen LogP contribution is 2.25. The second-order valence-corrected chi connectivity index (χ2v) is 9.28. The van der Waals surface area contributed by atoms with Crippen molar-refractivity contribution in [1.82, 2.24) is 15.4 Å². The number of rotatable bonds is 10. The fourth-order valence-corrected chi connectivity index (χ4v) is 3.96. The maximum absolute atomic E-state index is 12.1. The van der Waals surface area contributed by atoms with Gasteiger partial charge in [-0.15, -0.1) is 0 Å². The monoisotopic (exact) mass is 394 g/mol. The third-order valence-electron chi connectivity index (χ3n) is 5.23. The molecular weight excluding hydrogens is 360 g/mol. The number of aliphatic imine (C=N–C) groups is 1. The highest BCUT2D eigenvalue weighted by molar-refractivity contribution is 7.89. The van der Waals surface area contributed by atoms with Crippen LogP contribution in [0.5, 0.6) is 0 Å². The van der Waals surface area contributed by atoms with Crippen LogP contribution in [0.3, 0.4) is 0 Å². The van der Waals surface area contributed by atoms with Crippen molar-refractivity contribution in [3.63, 3.8) is 0 Å². The third kappa shape index (κ3) is 7.50. The number of nitrogens with zero attached hydrogens (tertiary/aromatic N) is 1. The lowest BCUT2D eigenvalue weighted by Crippen LogP contribution is -2.44. The highest BCUT2D eigenvalue weighted by atomic mass is 32.2. The van der Waals surface area contributed by atoms with E-state index in [1.807, 2.05) is 25.1 Å². The molecule has 0 aromatic heterocycles. The van der Waals surface area contributed by atoms with Gasteiger partial charge in [0, 0.05) is 25.0 Å². The first-order valence-electron chi connectivity index (χ1n) is 9.98. The fraction of sp³-hybridized carbons (Fsp3) is 0.650. The Balaban J connectivity index is 1.85. The molecule has 0 bridgehead atoms. The maximum atomic E-state index is 12.1. The van der Waals surface area contributed by atoms with Crippen molar-refractivity contribution < 1.29 is 8.42 Å². The summed E-state index contributed by atoms with van der Waals surface area (Å²) in [4.78, 5) is 4.45. The van der Waals surface area contributed by atoms with Crippen LogP contribution in [0.1, 0.15) is 51.5 Å². The Bertz CT molecular complexity index is 687. The number of hydrogen-bond acceptors (Lipinski definition) is 3. The zero-order chi connectivity index (χ0) is 19.7. The largest absolute Gasteiger partial charge is 0.357 e. The Kier molecular flexibility index (Phi) is 8.57. The Labute approximate surface area is 164 Å². The van der Waals surface area contributed by atoms with E-state index in [0.717, 1.165) is 19.4 Å². The zero-order valence-electron chi connectivity index (χ0n) is 16.7. The van der Waals surface area contributed by atoms with Crippen molar-refractivity contribution in [2.24, 2.45) is 10.9 Å². The molecule has 1 aliphatic carbocycles. The van der Waals surface area contributed by atoms with E-state index in [9.17, 15) is 8.42 Å². The molecule has 0 heterocycles. The summed E-state index contributed by atoms with van der Waals surface area (Å²) in [7, 11) is -3.26. The molecule has 1 aromatic carbocycles. The van der Waals surface area contributed by atoms with Gasteiger partial charge in [-0.3, -0.25) is 4.99 Å². The molecule has 152 valence electrons. The second kappa shape index (κ2) is 10.7. The first-order chi connectivity index (χ1) is 12.9. The number of sulfonamides is 1. The first kappa shape index (κ1) is 21.7.